The number of thiazole rings is 1. The number of rotatable bonds is 5. The van der Waals surface area contributed by atoms with E-state index in [2.05, 4.69) is 4.98 Å². The maximum absolute atomic E-state index is 10.9. The summed E-state index contributed by atoms with van der Waals surface area (Å²) in [5.74, 6) is -0.705. The van der Waals surface area contributed by atoms with Gasteiger partial charge in [0.2, 0.25) is 0 Å². The Morgan fingerprint density at radius 2 is 2.33 bits per heavy atom. The van der Waals surface area contributed by atoms with Gasteiger partial charge in [0.05, 0.1) is 17.4 Å². The molecule has 0 saturated carbocycles. The molecule has 0 spiro atoms. The summed E-state index contributed by atoms with van der Waals surface area (Å²) in [7, 11) is -1.25. The lowest BCUT2D eigenvalue weighted by Crippen LogP contribution is -2.28. The van der Waals surface area contributed by atoms with Gasteiger partial charge in [-0.2, -0.15) is 0 Å². The van der Waals surface area contributed by atoms with Crippen LogP contribution in [0.5, 0.6) is 10.9 Å². The number of carboxylic acids is 1. The van der Waals surface area contributed by atoms with Gasteiger partial charge in [-0.05, 0) is 47.0 Å². The predicted octanol–water partition coefficient (Wildman–Crippen LogP) is 1.39. The van der Waals surface area contributed by atoms with Crippen molar-refractivity contribution in [2.75, 3.05) is 0 Å². The number of fused-ring (bicyclic) bond motifs is 1. The summed E-state index contributed by atoms with van der Waals surface area (Å²) in [6.45, 7) is 1.74. The average Bonchev–Trinajstić information content (AvgIpc) is 3.05. The highest BCUT2D eigenvalue weighted by Gasteiger charge is 2.38. The molecule has 1 aliphatic rings. The zero-order valence-electron chi connectivity index (χ0n) is 12.3. The lowest BCUT2D eigenvalue weighted by atomic mass is 9.77. The highest BCUT2D eigenvalue weighted by molar-refractivity contribution is 7.16. The molecule has 1 unspecified atom stereocenters. The second-order valence-electron chi connectivity index (χ2n) is 5.14. The lowest BCUT2D eigenvalue weighted by molar-refractivity contribution is -0.380. The SMILES string of the molecule is Cc1cc(Oc2ncc([N+](=O)[O-])s2)cc2c1C(CC(=O)O)OB2O. The van der Waals surface area contributed by atoms with Crippen molar-refractivity contribution in [3.8, 4) is 10.9 Å². The molecule has 1 aromatic carbocycles. The van der Waals surface area contributed by atoms with Crippen molar-refractivity contribution in [2.24, 2.45) is 0 Å². The van der Waals surface area contributed by atoms with Gasteiger partial charge in [0, 0.05) is 0 Å². The van der Waals surface area contributed by atoms with E-state index in [9.17, 15) is 19.9 Å². The fourth-order valence-corrected chi connectivity index (χ4v) is 3.18. The second kappa shape index (κ2) is 6.19. The van der Waals surface area contributed by atoms with Crippen LogP contribution in [0.1, 0.15) is 23.7 Å². The largest absolute Gasteiger partial charge is 0.492 e. The molecule has 124 valence electrons. The fraction of sp³-hybridized carbons (Fsp3) is 0.231. The Morgan fingerprint density at radius 1 is 1.58 bits per heavy atom. The quantitative estimate of drug-likeness (QED) is 0.470. The molecular weight excluding hydrogens is 339 g/mol. The molecule has 3 rings (SSSR count). The number of hydrogen-bond donors (Lipinski definition) is 2. The first kappa shape index (κ1) is 16.4. The highest BCUT2D eigenvalue weighted by atomic mass is 32.1. The number of carboxylic acid groups (broad SMARTS) is 1. The molecular formula is C13H11BN2O7S. The van der Waals surface area contributed by atoms with Crippen molar-refractivity contribution in [3.05, 3.63) is 39.6 Å². The van der Waals surface area contributed by atoms with Crippen LogP contribution in [0.2, 0.25) is 0 Å². The molecule has 24 heavy (non-hydrogen) atoms. The first-order chi connectivity index (χ1) is 11.3. The molecule has 2 aromatic rings. The summed E-state index contributed by atoms with van der Waals surface area (Å²) in [6, 6.07) is 3.16. The minimum atomic E-state index is -1.25. The maximum Gasteiger partial charge on any atom is 0.492 e. The zero-order valence-corrected chi connectivity index (χ0v) is 13.1. The Kier molecular flexibility index (Phi) is 4.22. The van der Waals surface area contributed by atoms with E-state index in [0.717, 1.165) is 17.5 Å². The molecule has 9 nitrogen and oxygen atoms in total. The van der Waals surface area contributed by atoms with Crippen LogP contribution in [0.15, 0.2) is 18.3 Å². The first-order valence-electron chi connectivity index (χ1n) is 6.83. The number of nitro groups is 1. The molecule has 0 bridgehead atoms. The van der Waals surface area contributed by atoms with E-state index in [1.54, 1.807) is 13.0 Å². The zero-order chi connectivity index (χ0) is 17.4. The standard InChI is InChI=1S/C13H11BN2O7S/c1-6-2-7(22-13-15-5-10(24-13)16(20)21)3-8-12(6)9(4-11(17)18)23-14(8)19/h2-3,5,9,19H,4H2,1H3,(H,17,18). The van der Waals surface area contributed by atoms with Crippen molar-refractivity contribution in [3.63, 3.8) is 0 Å². The van der Waals surface area contributed by atoms with Crippen LogP contribution in [0.3, 0.4) is 0 Å². The number of aromatic nitrogens is 1. The van der Waals surface area contributed by atoms with Gasteiger partial charge in [0.15, 0.2) is 0 Å². The summed E-state index contributed by atoms with van der Waals surface area (Å²) >= 11 is 0.781. The van der Waals surface area contributed by atoms with Crippen LogP contribution in [-0.4, -0.2) is 33.1 Å². The Balaban J connectivity index is 1.89. The van der Waals surface area contributed by atoms with Gasteiger partial charge in [-0.15, -0.1) is 0 Å². The van der Waals surface area contributed by atoms with Gasteiger partial charge in [0.1, 0.15) is 11.9 Å². The number of benzene rings is 1. The van der Waals surface area contributed by atoms with E-state index in [-0.39, 0.29) is 16.6 Å². The Morgan fingerprint density at radius 3 is 2.96 bits per heavy atom. The topological polar surface area (TPSA) is 132 Å². The summed E-state index contributed by atoms with van der Waals surface area (Å²) in [6.07, 6.45) is 0.104. The normalized spacial score (nSPS) is 16.1. The molecule has 2 heterocycles. The van der Waals surface area contributed by atoms with Crippen molar-refractivity contribution >= 4 is 34.9 Å². The van der Waals surface area contributed by atoms with Crippen LogP contribution in [0.4, 0.5) is 5.00 Å². The minimum Gasteiger partial charge on any atom is -0.481 e. The van der Waals surface area contributed by atoms with Gasteiger partial charge >= 0.3 is 18.1 Å². The van der Waals surface area contributed by atoms with Crippen LogP contribution >= 0.6 is 11.3 Å². The van der Waals surface area contributed by atoms with Crippen LogP contribution in [0, 0.1) is 17.0 Å². The fourth-order valence-electron chi connectivity index (χ4n) is 2.58. The molecule has 1 aliphatic heterocycles. The van der Waals surface area contributed by atoms with Crippen LogP contribution in [0.25, 0.3) is 0 Å². The van der Waals surface area contributed by atoms with Gasteiger partial charge in [0.25, 0.3) is 5.19 Å². The number of aliphatic carboxylic acids is 1. The molecule has 0 radical (unpaired) electrons. The summed E-state index contributed by atoms with van der Waals surface area (Å²) in [5, 5.41) is 29.5. The van der Waals surface area contributed by atoms with Gasteiger partial charge in [-0.3, -0.25) is 14.9 Å². The van der Waals surface area contributed by atoms with Crippen molar-refractivity contribution in [2.45, 2.75) is 19.4 Å². The third-order valence-corrected chi connectivity index (χ3v) is 4.32. The number of hydrogen-bond acceptors (Lipinski definition) is 8. The Labute approximate surface area is 139 Å². The summed E-state index contributed by atoms with van der Waals surface area (Å²) < 4.78 is 10.8. The first-order valence-corrected chi connectivity index (χ1v) is 7.64. The van der Waals surface area contributed by atoms with Crippen LogP contribution < -0.4 is 10.2 Å². The minimum absolute atomic E-state index is 0.0940. The molecule has 0 fully saturated rings. The third kappa shape index (κ3) is 3.09. The molecule has 0 amide bonds. The van der Waals surface area contributed by atoms with Gasteiger partial charge in [-0.25, -0.2) is 4.98 Å². The Bertz CT molecular complexity index is 825. The number of nitrogens with zero attached hydrogens (tertiary/aromatic N) is 2. The van der Waals surface area contributed by atoms with E-state index in [4.69, 9.17) is 14.5 Å². The van der Waals surface area contributed by atoms with E-state index in [1.165, 1.54) is 6.07 Å². The summed E-state index contributed by atoms with van der Waals surface area (Å²) in [4.78, 5) is 24.8. The van der Waals surface area contributed by atoms with Gasteiger partial charge in [-0.1, -0.05) is 0 Å². The third-order valence-electron chi connectivity index (χ3n) is 3.49. The predicted molar refractivity (Wildman–Crippen MR) is 83.7 cm³/mol. The maximum atomic E-state index is 10.9. The number of aryl methyl sites for hydroxylation is 1. The van der Waals surface area contributed by atoms with Crippen LogP contribution in [-0.2, 0) is 9.45 Å². The van der Waals surface area contributed by atoms with E-state index in [0.29, 0.717) is 22.3 Å². The second-order valence-corrected chi connectivity index (χ2v) is 6.11. The molecule has 0 saturated heterocycles. The number of carbonyl (C=O) groups is 1. The van der Waals surface area contributed by atoms with Crippen molar-refractivity contribution in [1.29, 1.82) is 0 Å². The van der Waals surface area contributed by atoms with Crippen molar-refractivity contribution < 1.29 is 29.2 Å². The smallest absolute Gasteiger partial charge is 0.481 e. The van der Waals surface area contributed by atoms with Gasteiger partial charge < -0.3 is 19.5 Å². The molecule has 2 N–H and O–H groups in total. The number of ether oxygens (including phenoxy) is 1. The lowest BCUT2D eigenvalue weighted by Gasteiger charge is -2.12. The molecule has 1 aromatic heterocycles. The van der Waals surface area contributed by atoms with E-state index < -0.39 is 24.1 Å². The Hall–Kier alpha value is -2.50. The van der Waals surface area contributed by atoms with Crippen molar-refractivity contribution in [1.82, 2.24) is 4.98 Å². The molecule has 1 atom stereocenters. The molecule has 11 heteroatoms. The summed E-state index contributed by atoms with van der Waals surface area (Å²) in [5.41, 5.74) is 1.72. The molecule has 0 aliphatic carbocycles. The monoisotopic (exact) mass is 350 g/mol. The van der Waals surface area contributed by atoms with E-state index >= 15 is 0 Å². The highest BCUT2D eigenvalue weighted by Crippen LogP contribution is 2.35. The van der Waals surface area contributed by atoms with E-state index in [1.807, 2.05) is 0 Å². The average molecular weight is 350 g/mol.